The van der Waals surface area contributed by atoms with Crippen molar-refractivity contribution in [3.63, 3.8) is 0 Å². The van der Waals surface area contributed by atoms with E-state index in [2.05, 4.69) is 27.7 Å². The highest BCUT2D eigenvalue weighted by Gasteiger charge is 2.12. The quantitative estimate of drug-likeness (QED) is 0.353. The van der Waals surface area contributed by atoms with Crippen molar-refractivity contribution >= 4 is 5.78 Å². The third-order valence-corrected chi connectivity index (χ3v) is 4.75. The Labute approximate surface area is 127 Å². The minimum absolute atomic E-state index is 0.509. The standard InChI is InChI=1S/C19H38O/c1-5-9-11-17(7-3)13-15-19(20)16-14-18(8-4)12-10-6-2/h17-18H,5-16H2,1-4H3. The molecule has 0 rings (SSSR count). The van der Waals surface area contributed by atoms with Crippen molar-refractivity contribution in [2.75, 3.05) is 0 Å². The fraction of sp³-hybridized carbons (Fsp3) is 0.947. The van der Waals surface area contributed by atoms with E-state index in [0.29, 0.717) is 5.78 Å². The number of unbranched alkanes of at least 4 members (excludes halogenated alkanes) is 2. The van der Waals surface area contributed by atoms with Crippen molar-refractivity contribution in [1.82, 2.24) is 0 Å². The summed E-state index contributed by atoms with van der Waals surface area (Å²) in [7, 11) is 0. The predicted molar refractivity (Wildman–Crippen MR) is 90.1 cm³/mol. The first-order valence-corrected chi connectivity index (χ1v) is 9.19. The highest BCUT2D eigenvalue weighted by molar-refractivity contribution is 5.78. The summed E-state index contributed by atoms with van der Waals surface area (Å²) in [6.07, 6.45) is 14.2. The lowest BCUT2D eigenvalue weighted by Crippen LogP contribution is -2.07. The van der Waals surface area contributed by atoms with Crippen molar-refractivity contribution in [1.29, 1.82) is 0 Å². The van der Waals surface area contributed by atoms with Crippen LogP contribution in [0.25, 0.3) is 0 Å². The first-order valence-electron chi connectivity index (χ1n) is 9.19. The maximum atomic E-state index is 12.0. The first kappa shape index (κ1) is 19.7. The number of carbonyl (C=O) groups is 1. The average Bonchev–Trinajstić information content (AvgIpc) is 2.47. The van der Waals surface area contributed by atoms with E-state index in [1.54, 1.807) is 0 Å². The van der Waals surface area contributed by atoms with Crippen LogP contribution in [0.4, 0.5) is 0 Å². The molecule has 2 atom stereocenters. The molecule has 0 saturated carbocycles. The van der Waals surface area contributed by atoms with Crippen LogP contribution in [0.3, 0.4) is 0 Å². The molecule has 0 radical (unpaired) electrons. The molecule has 0 aromatic rings. The average molecular weight is 283 g/mol. The summed E-state index contributed by atoms with van der Waals surface area (Å²) in [5.74, 6) is 2.07. The van der Waals surface area contributed by atoms with Crippen LogP contribution >= 0.6 is 0 Å². The van der Waals surface area contributed by atoms with Gasteiger partial charge in [-0.2, -0.15) is 0 Å². The Morgan fingerprint density at radius 3 is 1.40 bits per heavy atom. The number of hydrogen-bond acceptors (Lipinski definition) is 1. The maximum absolute atomic E-state index is 12.0. The summed E-state index contributed by atoms with van der Waals surface area (Å²) in [6.45, 7) is 9.03. The van der Waals surface area contributed by atoms with Gasteiger partial charge in [-0.3, -0.25) is 4.79 Å². The molecule has 1 heteroatoms. The minimum atomic E-state index is 0.509. The third-order valence-electron chi connectivity index (χ3n) is 4.75. The molecule has 0 heterocycles. The van der Waals surface area contributed by atoms with E-state index in [9.17, 15) is 4.79 Å². The second kappa shape index (κ2) is 13.6. The van der Waals surface area contributed by atoms with Crippen molar-refractivity contribution in [3.8, 4) is 0 Å². The van der Waals surface area contributed by atoms with E-state index in [1.165, 1.54) is 51.4 Å². The zero-order chi connectivity index (χ0) is 15.2. The lowest BCUT2D eigenvalue weighted by Gasteiger charge is -2.15. The maximum Gasteiger partial charge on any atom is 0.132 e. The van der Waals surface area contributed by atoms with E-state index in [4.69, 9.17) is 0 Å². The molecule has 0 aromatic carbocycles. The molecule has 0 aliphatic rings. The molecule has 0 fully saturated rings. The molecule has 0 bridgehead atoms. The van der Waals surface area contributed by atoms with Crippen LogP contribution in [0.1, 0.15) is 105 Å². The molecule has 0 aliphatic carbocycles. The van der Waals surface area contributed by atoms with Gasteiger partial charge in [0.1, 0.15) is 5.78 Å². The van der Waals surface area contributed by atoms with E-state index < -0.39 is 0 Å². The number of carbonyl (C=O) groups excluding carboxylic acids is 1. The molecule has 2 unspecified atom stereocenters. The SMILES string of the molecule is CCCCC(CC)CCC(=O)CCC(CC)CCCC. The van der Waals surface area contributed by atoms with Gasteiger partial charge in [0.25, 0.3) is 0 Å². The Morgan fingerprint density at radius 2 is 1.10 bits per heavy atom. The lowest BCUT2D eigenvalue weighted by atomic mass is 9.90. The second-order valence-electron chi connectivity index (χ2n) is 6.45. The number of ketones is 1. The Morgan fingerprint density at radius 1 is 0.700 bits per heavy atom. The molecule has 0 N–H and O–H groups in total. The summed E-state index contributed by atoms with van der Waals surface area (Å²) in [6, 6.07) is 0. The summed E-state index contributed by atoms with van der Waals surface area (Å²) < 4.78 is 0. The largest absolute Gasteiger partial charge is 0.300 e. The van der Waals surface area contributed by atoms with Crippen molar-refractivity contribution in [2.45, 2.75) is 105 Å². The summed E-state index contributed by atoms with van der Waals surface area (Å²) >= 11 is 0. The lowest BCUT2D eigenvalue weighted by molar-refractivity contribution is -0.119. The Balaban J connectivity index is 3.80. The Bertz CT molecular complexity index is 200. The summed E-state index contributed by atoms with van der Waals surface area (Å²) in [4.78, 5) is 12.0. The molecule has 0 aromatic heterocycles. The van der Waals surface area contributed by atoms with Gasteiger partial charge in [0, 0.05) is 12.8 Å². The number of rotatable bonds is 14. The molecular weight excluding hydrogens is 244 g/mol. The molecule has 0 amide bonds. The molecule has 0 aliphatic heterocycles. The van der Waals surface area contributed by atoms with Crippen LogP contribution in [0.2, 0.25) is 0 Å². The summed E-state index contributed by atoms with van der Waals surface area (Å²) in [5.41, 5.74) is 0. The third kappa shape index (κ3) is 10.5. The van der Waals surface area contributed by atoms with Gasteiger partial charge in [-0.05, 0) is 24.7 Å². The fourth-order valence-corrected chi connectivity index (χ4v) is 2.95. The fourth-order valence-electron chi connectivity index (χ4n) is 2.95. The minimum Gasteiger partial charge on any atom is -0.300 e. The van der Waals surface area contributed by atoms with Gasteiger partial charge < -0.3 is 0 Å². The van der Waals surface area contributed by atoms with Crippen LogP contribution < -0.4 is 0 Å². The number of hydrogen-bond donors (Lipinski definition) is 0. The van der Waals surface area contributed by atoms with Gasteiger partial charge in [-0.25, -0.2) is 0 Å². The molecule has 20 heavy (non-hydrogen) atoms. The molecule has 0 saturated heterocycles. The van der Waals surface area contributed by atoms with Gasteiger partial charge in [0.05, 0.1) is 0 Å². The van der Waals surface area contributed by atoms with Crippen molar-refractivity contribution < 1.29 is 4.79 Å². The van der Waals surface area contributed by atoms with Gasteiger partial charge >= 0.3 is 0 Å². The van der Waals surface area contributed by atoms with Crippen LogP contribution in [0.15, 0.2) is 0 Å². The van der Waals surface area contributed by atoms with Crippen LogP contribution in [-0.4, -0.2) is 5.78 Å². The molecule has 120 valence electrons. The van der Waals surface area contributed by atoms with Crippen molar-refractivity contribution in [3.05, 3.63) is 0 Å². The van der Waals surface area contributed by atoms with Gasteiger partial charge in [0.15, 0.2) is 0 Å². The molecule has 1 nitrogen and oxygen atoms in total. The normalized spacial score (nSPS) is 14.2. The van der Waals surface area contributed by atoms with E-state index >= 15 is 0 Å². The van der Waals surface area contributed by atoms with E-state index in [-0.39, 0.29) is 0 Å². The molecular formula is C19H38O. The van der Waals surface area contributed by atoms with Gasteiger partial charge in [-0.15, -0.1) is 0 Å². The first-order chi connectivity index (χ1) is 9.67. The summed E-state index contributed by atoms with van der Waals surface area (Å²) in [5, 5.41) is 0. The smallest absolute Gasteiger partial charge is 0.132 e. The van der Waals surface area contributed by atoms with Crippen LogP contribution in [-0.2, 0) is 4.79 Å². The zero-order valence-corrected chi connectivity index (χ0v) is 14.5. The predicted octanol–water partition coefficient (Wildman–Crippen LogP) is 6.55. The molecule has 0 spiro atoms. The zero-order valence-electron chi connectivity index (χ0n) is 14.5. The number of Topliss-reactive ketones (excluding diaryl/α,β-unsaturated/α-hetero) is 1. The monoisotopic (exact) mass is 282 g/mol. The second-order valence-corrected chi connectivity index (χ2v) is 6.45. The topological polar surface area (TPSA) is 17.1 Å². The Kier molecular flexibility index (Phi) is 13.4. The highest BCUT2D eigenvalue weighted by atomic mass is 16.1. The van der Waals surface area contributed by atoms with Crippen LogP contribution in [0.5, 0.6) is 0 Å². The van der Waals surface area contributed by atoms with E-state index in [1.807, 2.05) is 0 Å². The Hall–Kier alpha value is -0.330. The van der Waals surface area contributed by atoms with Gasteiger partial charge in [-0.1, -0.05) is 79.1 Å². The highest BCUT2D eigenvalue weighted by Crippen LogP contribution is 2.22. The van der Waals surface area contributed by atoms with Gasteiger partial charge in [0.2, 0.25) is 0 Å². The van der Waals surface area contributed by atoms with Crippen LogP contribution in [0, 0.1) is 11.8 Å². The van der Waals surface area contributed by atoms with Crippen molar-refractivity contribution in [2.24, 2.45) is 11.8 Å². The van der Waals surface area contributed by atoms with E-state index in [0.717, 1.165) is 37.5 Å².